The van der Waals surface area contributed by atoms with Crippen molar-refractivity contribution in [2.75, 3.05) is 0 Å². The van der Waals surface area contributed by atoms with Gasteiger partial charge in [-0.1, -0.05) is 11.6 Å². The van der Waals surface area contributed by atoms with Crippen LogP contribution >= 0.6 is 11.6 Å². The van der Waals surface area contributed by atoms with Crippen molar-refractivity contribution in [2.45, 2.75) is 0 Å². The standard InChI is InChI=1S/C8H5ClN/c9-7-1-2-8-6(5-7)3-4-10-8/h1-3,5,10H. The lowest BCUT2D eigenvalue weighted by Gasteiger charge is -1.88. The summed E-state index contributed by atoms with van der Waals surface area (Å²) in [4.78, 5) is 2.96. The Morgan fingerprint density at radius 1 is 1.40 bits per heavy atom. The van der Waals surface area contributed by atoms with E-state index in [1.807, 2.05) is 24.3 Å². The molecule has 0 aliphatic rings. The molecule has 0 bridgehead atoms. The summed E-state index contributed by atoms with van der Waals surface area (Å²) in [6.07, 6.45) is 2.88. The van der Waals surface area contributed by atoms with Crippen LogP contribution in [0.25, 0.3) is 10.9 Å². The number of hydrogen-bond donors (Lipinski definition) is 1. The third-order valence-corrected chi connectivity index (χ3v) is 1.68. The second kappa shape index (κ2) is 2.03. The van der Waals surface area contributed by atoms with Crippen molar-refractivity contribution in [2.24, 2.45) is 0 Å². The van der Waals surface area contributed by atoms with Crippen LogP contribution in [0.3, 0.4) is 0 Å². The quantitative estimate of drug-likeness (QED) is 0.594. The molecular weight excluding hydrogens is 146 g/mol. The first-order chi connectivity index (χ1) is 4.86. The van der Waals surface area contributed by atoms with Gasteiger partial charge in [0.1, 0.15) is 0 Å². The van der Waals surface area contributed by atoms with E-state index >= 15 is 0 Å². The molecule has 0 aliphatic heterocycles. The topological polar surface area (TPSA) is 15.8 Å². The Balaban J connectivity index is 2.86. The lowest BCUT2D eigenvalue weighted by molar-refractivity contribution is 1.46. The predicted molar refractivity (Wildman–Crippen MR) is 42.1 cm³/mol. The summed E-state index contributed by atoms with van der Waals surface area (Å²) in [5.74, 6) is 0. The monoisotopic (exact) mass is 150 g/mol. The van der Waals surface area contributed by atoms with Crippen LogP contribution in [-0.4, -0.2) is 4.98 Å². The van der Waals surface area contributed by atoms with Crippen molar-refractivity contribution in [3.8, 4) is 0 Å². The van der Waals surface area contributed by atoms with Crippen molar-refractivity contribution in [1.29, 1.82) is 0 Å². The van der Waals surface area contributed by atoms with Crippen LogP contribution in [0, 0.1) is 6.20 Å². The van der Waals surface area contributed by atoms with Crippen LogP contribution in [0.1, 0.15) is 0 Å². The molecule has 1 radical (unpaired) electrons. The molecule has 2 rings (SSSR count). The van der Waals surface area contributed by atoms with Crippen molar-refractivity contribution in [3.63, 3.8) is 0 Å². The van der Waals surface area contributed by atoms with Gasteiger partial charge in [-0.25, -0.2) is 0 Å². The summed E-state index contributed by atoms with van der Waals surface area (Å²) in [6, 6.07) is 7.58. The highest BCUT2D eigenvalue weighted by atomic mass is 35.5. The molecule has 0 saturated carbocycles. The first-order valence-corrected chi connectivity index (χ1v) is 3.38. The van der Waals surface area contributed by atoms with Crippen molar-refractivity contribution in [1.82, 2.24) is 4.98 Å². The summed E-state index contributed by atoms with van der Waals surface area (Å²) in [5.41, 5.74) is 1.07. The molecule has 0 atom stereocenters. The minimum absolute atomic E-state index is 0.764. The molecule has 0 unspecified atom stereocenters. The maximum Gasteiger partial charge on any atom is 0.0630 e. The van der Waals surface area contributed by atoms with Crippen molar-refractivity contribution >= 4 is 22.5 Å². The summed E-state index contributed by atoms with van der Waals surface area (Å²) < 4.78 is 0. The molecular formula is C8H5ClN. The number of H-pyrrole nitrogens is 1. The van der Waals surface area contributed by atoms with E-state index in [4.69, 9.17) is 11.6 Å². The summed E-state index contributed by atoms with van der Waals surface area (Å²) in [6.45, 7) is 0. The summed E-state index contributed by atoms with van der Waals surface area (Å²) in [5, 5.41) is 1.87. The van der Waals surface area contributed by atoms with Gasteiger partial charge in [-0.3, -0.25) is 0 Å². The van der Waals surface area contributed by atoms with E-state index in [-0.39, 0.29) is 0 Å². The Morgan fingerprint density at radius 2 is 2.30 bits per heavy atom. The number of halogens is 1. The van der Waals surface area contributed by atoms with Crippen LogP contribution in [0.2, 0.25) is 5.02 Å². The van der Waals surface area contributed by atoms with Crippen molar-refractivity contribution in [3.05, 3.63) is 35.5 Å². The van der Waals surface area contributed by atoms with Gasteiger partial charge in [0.25, 0.3) is 0 Å². The fourth-order valence-corrected chi connectivity index (χ4v) is 1.14. The molecule has 10 heavy (non-hydrogen) atoms. The van der Waals surface area contributed by atoms with Gasteiger partial charge in [0.05, 0.1) is 6.20 Å². The smallest absolute Gasteiger partial charge is 0.0630 e. The molecule has 1 nitrogen and oxygen atoms in total. The van der Waals surface area contributed by atoms with E-state index in [1.165, 1.54) is 0 Å². The Bertz CT molecular complexity index is 351. The molecule has 1 aromatic heterocycles. The lowest BCUT2D eigenvalue weighted by Crippen LogP contribution is -1.65. The third-order valence-electron chi connectivity index (χ3n) is 1.45. The largest absolute Gasteiger partial charge is 0.353 e. The number of rotatable bonds is 0. The van der Waals surface area contributed by atoms with Gasteiger partial charge >= 0.3 is 0 Å². The number of hydrogen-bond acceptors (Lipinski definition) is 0. The summed E-state index contributed by atoms with van der Waals surface area (Å²) >= 11 is 5.75. The summed E-state index contributed by atoms with van der Waals surface area (Å²) in [7, 11) is 0. The minimum Gasteiger partial charge on any atom is -0.353 e. The molecule has 2 aromatic rings. The van der Waals surface area contributed by atoms with E-state index < -0.39 is 0 Å². The minimum atomic E-state index is 0.764. The van der Waals surface area contributed by atoms with E-state index in [2.05, 4.69) is 11.2 Å². The average molecular weight is 151 g/mol. The fraction of sp³-hybridized carbons (Fsp3) is 0. The first-order valence-electron chi connectivity index (χ1n) is 3.00. The molecule has 0 amide bonds. The molecule has 0 aliphatic carbocycles. The number of benzene rings is 1. The van der Waals surface area contributed by atoms with Gasteiger partial charge in [0, 0.05) is 15.9 Å². The van der Waals surface area contributed by atoms with Crippen LogP contribution in [0.15, 0.2) is 24.3 Å². The van der Waals surface area contributed by atoms with E-state index in [9.17, 15) is 0 Å². The van der Waals surface area contributed by atoms with Gasteiger partial charge in [-0.15, -0.1) is 0 Å². The zero-order chi connectivity index (χ0) is 6.97. The average Bonchev–Trinajstić information content (AvgIpc) is 2.33. The van der Waals surface area contributed by atoms with Crippen LogP contribution in [-0.2, 0) is 0 Å². The Hall–Kier alpha value is -0.950. The lowest BCUT2D eigenvalue weighted by atomic mass is 10.2. The molecule has 0 spiro atoms. The Morgan fingerprint density at radius 3 is 3.20 bits per heavy atom. The number of nitrogens with one attached hydrogen (secondary N) is 1. The zero-order valence-electron chi connectivity index (χ0n) is 5.19. The zero-order valence-corrected chi connectivity index (χ0v) is 5.94. The first kappa shape index (κ1) is 5.81. The fourth-order valence-electron chi connectivity index (χ4n) is 0.958. The van der Waals surface area contributed by atoms with Crippen LogP contribution in [0.4, 0.5) is 0 Å². The maximum absolute atomic E-state index is 5.75. The van der Waals surface area contributed by atoms with Crippen molar-refractivity contribution < 1.29 is 0 Å². The van der Waals surface area contributed by atoms with Gasteiger partial charge in [-0.05, 0) is 24.3 Å². The molecule has 1 N–H and O–H groups in total. The van der Waals surface area contributed by atoms with E-state index in [1.54, 1.807) is 0 Å². The SMILES string of the molecule is Clc1ccc2[nH][c]cc2c1. The van der Waals surface area contributed by atoms with Gasteiger partial charge in [0.15, 0.2) is 0 Å². The maximum atomic E-state index is 5.75. The van der Waals surface area contributed by atoms with Crippen LogP contribution in [0.5, 0.6) is 0 Å². The number of fused-ring (bicyclic) bond motifs is 1. The highest BCUT2D eigenvalue weighted by Crippen LogP contribution is 2.16. The van der Waals surface area contributed by atoms with Crippen LogP contribution < -0.4 is 0 Å². The molecule has 0 saturated heterocycles. The highest BCUT2D eigenvalue weighted by Gasteiger charge is 1.92. The normalized spacial score (nSPS) is 10.5. The number of aromatic nitrogens is 1. The second-order valence-electron chi connectivity index (χ2n) is 2.15. The molecule has 49 valence electrons. The third kappa shape index (κ3) is 0.792. The van der Waals surface area contributed by atoms with Gasteiger partial charge < -0.3 is 4.98 Å². The Labute approximate surface area is 63.6 Å². The second-order valence-corrected chi connectivity index (χ2v) is 2.58. The molecule has 2 heteroatoms. The predicted octanol–water partition coefficient (Wildman–Crippen LogP) is 2.62. The molecule has 1 heterocycles. The van der Waals surface area contributed by atoms with Gasteiger partial charge in [-0.2, -0.15) is 0 Å². The number of aromatic amines is 1. The molecule has 1 aromatic carbocycles. The van der Waals surface area contributed by atoms with E-state index in [0.717, 1.165) is 15.9 Å². The molecule has 0 fully saturated rings. The van der Waals surface area contributed by atoms with E-state index in [0.29, 0.717) is 0 Å². The highest BCUT2D eigenvalue weighted by molar-refractivity contribution is 6.31. The Kier molecular flexibility index (Phi) is 1.18. The van der Waals surface area contributed by atoms with Gasteiger partial charge in [0.2, 0.25) is 0 Å².